The van der Waals surface area contributed by atoms with Crippen molar-refractivity contribution in [1.82, 2.24) is 5.32 Å². The Bertz CT molecular complexity index is 1300. The summed E-state index contributed by atoms with van der Waals surface area (Å²) in [7, 11) is 4.63. The number of esters is 1. The molecule has 35 heavy (non-hydrogen) atoms. The zero-order valence-corrected chi connectivity index (χ0v) is 20.0. The van der Waals surface area contributed by atoms with Gasteiger partial charge in [-0.3, -0.25) is 4.79 Å². The van der Waals surface area contributed by atoms with Crippen LogP contribution < -0.4 is 24.3 Å². The van der Waals surface area contributed by atoms with E-state index in [0.717, 1.165) is 5.75 Å². The quantitative estimate of drug-likeness (QED) is 0.288. The van der Waals surface area contributed by atoms with Crippen LogP contribution in [0.1, 0.15) is 15.9 Å². The van der Waals surface area contributed by atoms with Crippen molar-refractivity contribution in [2.75, 3.05) is 21.3 Å². The van der Waals surface area contributed by atoms with E-state index in [-0.39, 0.29) is 11.7 Å². The molecule has 0 aromatic heterocycles. The van der Waals surface area contributed by atoms with Gasteiger partial charge in [-0.15, -0.1) is 0 Å². The molecule has 1 fully saturated rings. The van der Waals surface area contributed by atoms with Gasteiger partial charge in [-0.2, -0.15) is 0 Å². The normalized spacial score (nSPS) is 15.1. The van der Waals surface area contributed by atoms with Crippen molar-refractivity contribution in [2.24, 2.45) is 4.99 Å². The van der Waals surface area contributed by atoms with E-state index in [1.807, 2.05) is 0 Å². The highest BCUT2D eigenvalue weighted by Crippen LogP contribution is 2.33. The Morgan fingerprint density at radius 3 is 2.14 bits per heavy atom. The van der Waals surface area contributed by atoms with Gasteiger partial charge in [-0.1, -0.05) is 6.07 Å². The number of hydrogen-bond donors (Lipinski definition) is 1. The highest BCUT2D eigenvalue weighted by atomic mass is 32.2. The van der Waals surface area contributed by atoms with Crippen molar-refractivity contribution in [2.45, 2.75) is 0 Å². The van der Waals surface area contributed by atoms with Gasteiger partial charge in [0.05, 0.1) is 37.5 Å². The van der Waals surface area contributed by atoms with Crippen LogP contribution in [0.15, 0.2) is 76.6 Å². The molecule has 0 spiro atoms. The minimum Gasteiger partial charge on any atom is -0.497 e. The number of amidine groups is 1. The molecule has 0 atom stereocenters. The minimum atomic E-state index is -0.544. The fourth-order valence-corrected chi connectivity index (χ4v) is 4.00. The van der Waals surface area contributed by atoms with Crippen LogP contribution in [0.5, 0.6) is 23.0 Å². The van der Waals surface area contributed by atoms with Crippen LogP contribution >= 0.6 is 11.8 Å². The van der Waals surface area contributed by atoms with Crippen molar-refractivity contribution in [3.8, 4) is 23.0 Å². The molecule has 0 unspecified atom stereocenters. The fraction of sp³-hybridized carbons (Fsp3) is 0.115. The molecule has 3 aromatic carbocycles. The lowest BCUT2D eigenvalue weighted by atomic mass is 10.1. The van der Waals surface area contributed by atoms with E-state index < -0.39 is 5.97 Å². The topological polar surface area (TPSA) is 95.5 Å². The van der Waals surface area contributed by atoms with Gasteiger partial charge in [0.15, 0.2) is 16.7 Å². The minimum absolute atomic E-state index is 0.234. The second-order valence-corrected chi connectivity index (χ2v) is 8.24. The first kappa shape index (κ1) is 23.9. The molecule has 8 nitrogen and oxygen atoms in total. The number of ether oxygens (including phenoxy) is 4. The standard InChI is InChI=1S/C26H22N2O6S/c1-31-19-9-5-17(6-10-19)25(30)34-22-14-16(4-13-21(22)33-3)15-23-24(29)28-26(35-23)27-18-7-11-20(32-2)12-8-18/h4-15H,1-3H3,(H,27,28,29)/b23-15-. The van der Waals surface area contributed by atoms with E-state index in [2.05, 4.69) is 10.3 Å². The maximum absolute atomic E-state index is 12.6. The summed E-state index contributed by atoms with van der Waals surface area (Å²) in [5.41, 5.74) is 1.71. The number of aliphatic imine (C=N–C) groups is 1. The van der Waals surface area contributed by atoms with E-state index in [4.69, 9.17) is 18.9 Å². The van der Waals surface area contributed by atoms with E-state index in [0.29, 0.717) is 38.4 Å². The number of methoxy groups -OCH3 is 3. The largest absolute Gasteiger partial charge is 0.497 e. The first-order chi connectivity index (χ1) is 17.0. The molecule has 1 heterocycles. The monoisotopic (exact) mass is 490 g/mol. The first-order valence-electron chi connectivity index (χ1n) is 10.5. The van der Waals surface area contributed by atoms with Crippen LogP contribution in [0.3, 0.4) is 0 Å². The van der Waals surface area contributed by atoms with E-state index >= 15 is 0 Å². The molecule has 1 amide bonds. The number of nitrogens with zero attached hydrogens (tertiary/aromatic N) is 1. The number of hydrogen-bond acceptors (Lipinski definition) is 8. The van der Waals surface area contributed by atoms with E-state index in [9.17, 15) is 9.59 Å². The third-order valence-corrected chi connectivity index (χ3v) is 5.88. The first-order valence-corrected chi connectivity index (χ1v) is 11.3. The molecule has 4 rings (SSSR count). The number of carbonyl (C=O) groups excluding carboxylic acids is 2. The Balaban J connectivity index is 1.53. The predicted molar refractivity (Wildman–Crippen MR) is 135 cm³/mol. The molecule has 178 valence electrons. The van der Waals surface area contributed by atoms with E-state index in [1.165, 1.54) is 18.9 Å². The van der Waals surface area contributed by atoms with Gasteiger partial charge >= 0.3 is 5.97 Å². The van der Waals surface area contributed by atoms with Crippen LogP contribution in [0.2, 0.25) is 0 Å². The summed E-state index contributed by atoms with van der Waals surface area (Å²) in [6.45, 7) is 0. The number of amides is 1. The molecule has 0 bridgehead atoms. The third-order valence-electron chi connectivity index (χ3n) is 4.97. The number of carbonyl (C=O) groups is 2. The van der Waals surface area contributed by atoms with Gasteiger partial charge < -0.3 is 24.3 Å². The van der Waals surface area contributed by atoms with Gasteiger partial charge in [0.2, 0.25) is 0 Å². The highest BCUT2D eigenvalue weighted by Gasteiger charge is 2.24. The number of benzene rings is 3. The van der Waals surface area contributed by atoms with Gasteiger partial charge in [-0.05, 0) is 84.1 Å². The average molecular weight is 491 g/mol. The van der Waals surface area contributed by atoms with Gasteiger partial charge in [0.25, 0.3) is 5.91 Å². The molecule has 0 radical (unpaired) electrons. The second-order valence-electron chi connectivity index (χ2n) is 7.21. The summed E-state index contributed by atoms with van der Waals surface area (Å²) in [6.07, 6.45) is 1.70. The molecule has 0 saturated carbocycles. The summed E-state index contributed by atoms with van der Waals surface area (Å²) in [6, 6.07) is 18.8. The molecule has 0 aliphatic carbocycles. The van der Waals surface area contributed by atoms with Gasteiger partial charge in [0.1, 0.15) is 11.5 Å². The number of thioether (sulfide) groups is 1. The van der Waals surface area contributed by atoms with Crippen LogP contribution in [0.4, 0.5) is 5.69 Å². The van der Waals surface area contributed by atoms with Crippen LogP contribution in [-0.4, -0.2) is 38.4 Å². The Hall–Kier alpha value is -4.24. The summed E-state index contributed by atoms with van der Waals surface area (Å²) in [5.74, 6) is 1.17. The number of rotatable bonds is 7. The maximum atomic E-state index is 12.6. The summed E-state index contributed by atoms with van der Waals surface area (Å²) < 4.78 is 21.2. The lowest BCUT2D eigenvalue weighted by Gasteiger charge is -2.10. The van der Waals surface area contributed by atoms with Crippen LogP contribution in [0, 0.1) is 0 Å². The van der Waals surface area contributed by atoms with Crippen molar-refractivity contribution < 1.29 is 28.5 Å². The molecule has 1 N–H and O–H groups in total. The SMILES string of the molecule is COc1ccc(N=C2NC(=O)/C(=C/c3ccc(OC)c(OC(=O)c4ccc(OC)cc4)c3)S2)cc1. The van der Waals surface area contributed by atoms with Crippen LogP contribution in [0.25, 0.3) is 6.08 Å². The Labute approximate surface area is 206 Å². The van der Waals surface area contributed by atoms with Crippen molar-refractivity contribution in [3.05, 3.63) is 82.8 Å². The Morgan fingerprint density at radius 1 is 0.857 bits per heavy atom. The molecule has 9 heteroatoms. The zero-order valence-electron chi connectivity index (χ0n) is 19.2. The van der Waals surface area contributed by atoms with Crippen molar-refractivity contribution >= 4 is 40.6 Å². The number of nitrogens with one attached hydrogen (secondary N) is 1. The zero-order chi connectivity index (χ0) is 24.8. The summed E-state index contributed by atoms with van der Waals surface area (Å²) >= 11 is 1.22. The summed E-state index contributed by atoms with van der Waals surface area (Å²) in [5, 5.41) is 3.22. The summed E-state index contributed by atoms with van der Waals surface area (Å²) in [4.78, 5) is 30.0. The van der Waals surface area contributed by atoms with Crippen LogP contribution in [-0.2, 0) is 4.79 Å². The Morgan fingerprint density at radius 2 is 1.51 bits per heavy atom. The highest BCUT2D eigenvalue weighted by molar-refractivity contribution is 8.18. The molecular formula is C26H22N2O6S. The van der Waals surface area contributed by atoms with Crippen molar-refractivity contribution in [1.29, 1.82) is 0 Å². The molecule has 3 aromatic rings. The lowest BCUT2D eigenvalue weighted by molar-refractivity contribution is -0.115. The maximum Gasteiger partial charge on any atom is 0.343 e. The van der Waals surface area contributed by atoms with Gasteiger partial charge in [0, 0.05) is 0 Å². The van der Waals surface area contributed by atoms with Crippen molar-refractivity contribution in [3.63, 3.8) is 0 Å². The molecular weight excluding hydrogens is 468 g/mol. The average Bonchev–Trinajstić information content (AvgIpc) is 3.22. The smallest absolute Gasteiger partial charge is 0.343 e. The van der Waals surface area contributed by atoms with Gasteiger partial charge in [-0.25, -0.2) is 9.79 Å². The second kappa shape index (κ2) is 10.8. The molecule has 1 aliphatic rings. The third kappa shape index (κ3) is 5.82. The Kier molecular flexibility index (Phi) is 7.37. The fourth-order valence-electron chi connectivity index (χ4n) is 3.15. The van der Waals surface area contributed by atoms with E-state index in [1.54, 1.807) is 87.0 Å². The lowest BCUT2D eigenvalue weighted by Crippen LogP contribution is -2.19. The molecule has 1 aliphatic heterocycles. The molecule has 1 saturated heterocycles. The predicted octanol–water partition coefficient (Wildman–Crippen LogP) is 4.82.